The summed E-state index contributed by atoms with van der Waals surface area (Å²) in [5.74, 6) is -2.05. The first-order valence-corrected chi connectivity index (χ1v) is 12.4. The molecule has 38 heavy (non-hydrogen) atoms. The number of nitrogens with two attached hydrogens (primary N) is 1. The van der Waals surface area contributed by atoms with Crippen LogP contribution in [-0.2, 0) is 4.79 Å². The van der Waals surface area contributed by atoms with Crippen LogP contribution < -0.4 is 16.0 Å². The highest BCUT2D eigenvalue weighted by Gasteiger charge is 2.33. The smallest absolute Gasteiger partial charge is 0.305 e. The molecule has 3 atom stereocenters. The van der Waals surface area contributed by atoms with Gasteiger partial charge in [0.1, 0.15) is 5.82 Å². The van der Waals surface area contributed by atoms with Crippen LogP contribution in [0.5, 0.6) is 0 Å². The van der Waals surface area contributed by atoms with Gasteiger partial charge in [-0.25, -0.2) is 4.39 Å². The van der Waals surface area contributed by atoms with Gasteiger partial charge in [0.25, 0.3) is 11.8 Å². The molecule has 4 N–H and O–H groups in total. The van der Waals surface area contributed by atoms with Crippen molar-refractivity contribution < 1.29 is 23.9 Å². The molecule has 198 valence electrons. The third-order valence-electron chi connectivity index (χ3n) is 6.82. The van der Waals surface area contributed by atoms with E-state index in [4.69, 9.17) is 5.73 Å². The van der Waals surface area contributed by atoms with E-state index in [0.29, 0.717) is 29.9 Å². The molecule has 0 radical (unpaired) electrons. The van der Waals surface area contributed by atoms with Crippen LogP contribution in [0.4, 0.5) is 15.8 Å². The fraction of sp³-hybridized carbons (Fsp3) is 0.276. The highest BCUT2D eigenvalue weighted by Crippen LogP contribution is 2.30. The summed E-state index contributed by atoms with van der Waals surface area (Å²) in [7, 11) is 0. The molecule has 0 saturated carbocycles. The Hall–Kier alpha value is -4.40. The van der Waals surface area contributed by atoms with E-state index >= 15 is 0 Å². The van der Waals surface area contributed by atoms with Crippen LogP contribution >= 0.6 is 0 Å². The molecule has 1 saturated heterocycles. The van der Waals surface area contributed by atoms with Gasteiger partial charge in [0, 0.05) is 36.3 Å². The predicted molar refractivity (Wildman–Crippen MR) is 143 cm³/mol. The zero-order valence-electron chi connectivity index (χ0n) is 21.3. The fourth-order valence-corrected chi connectivity index (χ4v) is 4.81. The van der Waals surface area contributed by atoms with Gasteiger partial charge >= 0.3 is 5.97 Å². The molecule has 3 unspecified atom stereocenters. The quantitative estimate of drug-likeness (QED) is 0.406. The van der Waals surface area contributed by atoms with E-state index in [9.17, 15) is 23.9 Å². The van der Waals surface area contributed by atoms with Crippen LogP contribution in [0, 0.1) is 5.82 Å². The maximum Gasteiger partial charge on any atom is 0.305 e. The van der Waals surface area contributed by atoms with Crippen molar-refractivity contribution in [3.63, 3.8) is 0 Å². The monoisotopic (exact) mass is 518 g/mol. The summed E-state index contributed by atoms with van der Waals surface area (Å²) in [6.07, 6.45) is -0.355. The first-order valence-electron chi connectivity index (χ1n) is 12.4. The third kappa shape index (κ3) is 5.94. The normalized spacial score (nSPS) is 18.1. The molecule has 1 heterocycles. The van der Waals surface area contributed by atoms with E-state index in [1.807, 2.05) is 49.1 Å². The maximum atomic E-state index is 13.3. The number of carbonyl (C=O) groups excluding carboxylic acids is 2. The number of piperazine rings is 1. The number of carboxylic acid groups (broad SMARTS) is 1. The molecule has 8 nitrogen and oxygen atoms in total. The molecule has 9 heteroatoms. The van der Waals surface area contributed by atoms with Crippen molar-refractivity contribution in [1.82, 2.24) is 10.2 Å². The van der Waals surface area contributed by atoms with Gasteiger partial charge in [0.05, 0.1) is 23.8 Å². The Kier molecular flexibility index (Phi) is 7.95. The molecule has 1 aliphatic heterocycles. The van der Waals surface area contributed by atoms with Gasteiger partial charge in [-0.15, -0.1) is 0 Å². The van der Waals surface area contributed by atoms with Gasteiger partial charge in [-0.2, -0.15) is 0 Å². The largest absolute Gasteiger partial charge is 0.481 e. The number of amides is 2. The molecule has 2 amide bonds. The molecule has 0 aliphatic carbocycles. The van der Waals surface area contributed by atoms with Gasteiger partial charge in [-0.3, -0.25) is 14.4 Å². The first-order chi connectivity index (χ1) is 18.1. The highest BCUT2D eigenvalue weighted by atomic mass is 19.1. The van der Waals surface area contributed by atoms with Crippen LogP contribution in [0.25, 0.3) is 0 Å². The fourth-order valence-electron chi connectivity index (χ4n) is 4.81. The Morgan fingerprint density at radius 2 is 1.66 bits per heavy atom. The second-order valence-corrected chi connectivity index (χ2v) is 9.62. The number of carboxylic acids is 1. The van der Waals surface area contributed by atoms with Crippen LogP contribution in [-0.4, -0.2) is 53.0 Å². The number of aliphatic carboxylic acids is 1. The number of hydrogen-bond donors (Lipinski definition) is 3. The second kappa shape index (κ2) is 11.3. The lowest BCUT2D eigenvalue weighted by Gasteiger charge is -2.45. The zero-order chi connectivity index (χ0) is 27.4. The van der Waals surface area contributed by atoms with Gasteiger partial charge in [0.15, 0.2) is 0 Å². The lowest BCUT2D eigenvalue weighted by molar-refractivity contribution is -0.137. The maximum absolute atomic E-state index is 13.3. The molecule has 3 aromatic rings. The van der Waals surface area contributed by atoms with Crippen molar-refractivity contribution in [2.45, 2.75) is 38.4 Å². The summed E-state index contributed by atoms with van der Waals surface area (Å²) in [6, 6.07) is 18.6. The highest BCUT2D eigenvalue weighted by molar-refractivity contribution is 5.97. The van der Waals surface area contributed by atoms with Crippen molar-refractivity contribution in [2.75, 3.05) is 23.7 Å². The van der Waals surface area contributed by atoms with Crippen molar-refractivity contribution >= 4 is 29.2 Å². The Morgan fingerprint density at radius 3 is 2.29 bits per heavy atom. The number of nitrogen functional groups attached to an aromatic ring is 1. The zero-order valence-corrected chi connectivity index (χ0v) is 21.3. The van der Waals surface area contributed by atoms with Gasteiger partial charge in [-0.1, -0.05) is 30.3 Å². The summed E-state index contributed by atoms with van der Waals surface area (Å²) in [5, 5.41) is 12.0. The summed E-state index contributed by atoms with van der Waals surface area (Å²) >= 11 is 0. The minimum Gasteiger partial charge on any atom is -0.481 e. The van der Waals surface area contributed by atoms with Crippen LogP contribution in [0.2, 0.25) is 0 Å². The Labute approximate surface area is 220 Å². The molecule has 0 aromatic heterocycles. The molecular formula is C29H31FN4O4. The number of anilines is 2. The molecular weight excluding hydrogens is 487 g/mol. The van der Waals surface area contributed by atoms with Crippen LogP contribution in [0.3, 0.4) is 0 Å². The summed E-state index contributed by atoms with van der Waals surface area (Å²) in [6.45, 7) is 5.11. The number of nitrogens with zero attached hydrogens (tertiary/aromatic N) is 2. The molecule has 1 fully saturated rings. The Morgan fingerprint density at radius 1 is 0.974 bits per heavy atom. The average molecular weight is 519 g/mol. The lowest BCUT2D eigenvalue weighted by atomic mass is 10.0. The van der Waals surface area contributed by atoms with Crippen molar-refractivity contribution in [1.29, 1.82) is 0 Å². The van der Waals surface area contributed by atoms with Gasteiger partial charge in [0.2, 0.25) is 0 Å². The minimum absolute atomic E-state index is 0.0124. The SMILES string of the molecule is CC1CN(c2ccc(C(=O)NC(CC(=O)O)c3ccc(F)cc3)cc2N)C(C)CN1C(=O)c1ccccc1. The van der Waals surface area contributed by atoms with E-state index in [1.54, 1.807) is 18.2 Å². The number of carbonyl (C=O) groups is 3. The summed E-state index contributed by atoms with van der Waals surface area (Å²) < 4.78 is 13.3. The van der Waals surface area contributed by atoms with E-state index in [0.717, 1.165) is 5.69 Å². The summed E-state index contributed by atoms with van der Waals surface area (Å²) in [4.78, 5) is 41.4. The molecule has 4 rings (SSSR count). The van der Waals surface area contributed by atoms with Crippen molar-refractivity contribution in [3.05, 3.63) is 95.3 Å². The topological polar surface area (TPSA) is 116 Å². The lowest BCUT2D eigenvalue weighted by Crippen LogP contribution is -2.58. The number of hydrogen-bond acceptors (Lipinski definition) is 5. The molecule has 0 spiro atoms. The molecule has 1 aliphatic rings. The van der Waals surface area contributed by atoms with E-state index in [2.05, 4.69) is 10.2 Å². The van der Waals surface area contributed by atoms with E-state index in [-0.39, 0.29) is 30.0 Å². The standard InChI is InChI=1S/C29H31FN4O4/c1-18-17-34(29(38)21-6-4-3-5-7-21)19(2)16-33(18)26-13-10-22(14-24(26)31)28(37)32-25(15-27(35)36)20-8-11-23(30)12-9-20/h3-14,18-19,25H,15-17,31H2,1-2H3,(H,32,37)(H,35,36). The second-order valence-electron chi connectivity index (χ2n) is 9.62. The van der Waals surface area contributed by atoms with E-state index in [1.165, 1.54) is 24.3 Å². The minimum atomic E-state index is -1.09. The number of halogens is 1. The van der Waals surface area contributed by atoms with Gasteiger partial charge < -0.3 is 26.0 Å². The number of rotatable bonds is 7. The summed E-state index contributed by atoms with van der Waals surface area (Å²) in [5.41, 5.74) is 8.95. The molecule has 0 bridgehead atoms. The Bertz CT molecular complexity index is 1320. The third-order valence-corrected chi connectivity index (χ3v) is 6.82. The van der Waals surface area contributed by atoms with Crippen molar-refractivity contribution in [2.24, 2.45) is 0 Å². The van der Waals surface area contributed by atoms with Crippen LogP contribution in [0.1, 0.15) is 52.6 Å². The molecule has 3 aromatic carbocycles. The Balaban J connectivity index is 1.48. The first kappa shape index (κ1) is 26.7. The number of benzene rings is 3. The average Bonchev–Trinajstić information content (AvgIpc) is 2.89. The number of nitrogens with one attached hydrogen (secondary N) is 1. The van der Waals surface area contributed by atoms with E-state index < -0.39 is 23.7 Å². The van der Waals surface area contributed by atoms with Crippen molar-refractivity contribution in [3.8, 4) is 0 Å². The van der Waals surface area contributed by atoms with Gasteiger partial charge in [-0.05, 0) is 61.9 Å². The predicted octanol–water partition coefficient (Wildman–Crippen LogP) is 4.09. The van der Waals surface area contributed by atoms with Crippen LogP contribution in [0.15, 0.2) is 72.8 Å².